The van der Waals surface area contributed by atoms with Gasteiger partial charge in [-0.05, 0) is 62.1 Å². The summed E-state index contributed by atoms with van der Waals surface area (Å²) in [7, 11) is 1.60. The number of nitrogens with zero attached hydrogens (tertiary/aromatic N) is 6. The third kappa shape index (κ3) is 3.48. The van der Waals surface area contributed by atoms with E-state index in [1.54, 1.807) is 19.5 Å². The van der Waals surface area contributed by atoms with Gasteiger partial charge >= 0.3 is 0 Å². The van der Waals surface area contributed by atoms with E-state index < -0.39 is 0 Å². The minimum Gasteiger partial charge on any atom is -0.479 e. The molecule has 4 aromatic rings. The highest BCUT2D eigenvalue weighted by Gasteiger charge is 2.28. The number of halogens is 1. The molecule has 1 aliphatic rings. The molecule has 0 saturated heterocycles. The summed E-state index contributed by atoms with van der Waals surface area (Å²) in [6, 6.07) is 8.79. The van der Waals surface area contributed by atoms with E-state index in [1.165, 1.54) is 6.07 Å². The Morgan fingerprint density at radius 2 is 2.00 bits per heavy atom. The second-order valence-electron chi connectivity index (χ2n) is 7.86. The molecule has 0 saturated carbocycles. The number of hydrogen-bond acceptors (Lipinski definition) is 5. The number of rotatable bonds is 4. The second kappa shape index (κ2) is 7.61. The van der Waals surface area contributed by atoms with Crippen molar-refractivity contribution in [1.82, 2.24) is 29.3 Å². The van der Waals surface area contributed by atoms with Crippen molar-refractivity contribution in [2.75, 3.05) is 7.11 Å². The Kier molecular flexibility index (Phi) is 4.77. The van der Waals surface area contributed by atoms with Gasteiger partial charge in [0.1, 0.15) is 23.0 Å². The Bertz CT molecular complexity index is 1260. The van der Waals surface area contributed by atoms with Crippen LogP contribution in [-0.2, 0) is 6.54 Å². The Hall–Kier alpha value is -3.55. The highest BCUT2D eigenvalue weighted by atomic mass is 19.1. The van der Waals surface area contributed by atoms with Crippen molar-refractivity contribution in [1.29, 1.82) is 0 Å². The van der Waals surface area contributed by atoms with Gasteiger partial charge in [0.25, 0.3) is 0 Å². The quantitative estimate of drug-likeness (QED) is 0.496. The zero-order valence-electron chi connectivity index (χ0n) is 17.7. The lowest BCUT2D eigenvalue weighted by Crippen LogP contribution is -2.18. The molecule has 3 aromatic heterocycles. The average molecular weight is 418 g/mol. The minimum absolute atomic E-state index is 0.0886. The van der Waals surface area contributed by atoms with E-state index >= 15 is 0 Å². The van der Waals surface area contributed by atoms with Gasteiger partial charge in [0.2, 0.25) is 5.88 Å². The van der Waals surface area contributed by atoms with Gasteiger partial charge < -0.3 is 9.30 Å². The van der Waals surface area contributed by atoms with Crippen LogP contribution in [0, 0.1) is 19.7 Å². The molecule has 1 atom stereocenters. The van der Waals surface area contributed by atoms with Crippen molar-refractivity contribution in [2.45, 2.75) is 39.2 Å². The summed E-state index contributed by atoms with van der Waals surface area (Å²) in [5.74, 6) is 1.81. The van der Waals surface area contributed by atoms with Gasteiger partial charge in [0, 0.05) is 18.7 Å². The van der Waals surface area contributed by atoms with Gasteiger partial charge in [-0.15, -0.1) is 5.10 Å². The fourth-order valence-electron chi connectivity index (χ4n) is 4.24. The second-order valence-corrected chi connectivity index (χ2v) is 7.86. The number of pyridine rings is 1. The fraction of sp³-hybridized carbons (Fsp3) is 0.304. The lowest BCUT2D eigenvalue weighted by molar-refractivity contribution is 0.396. The monoisotopic (exact) mass is 418 g/mol. The van der Waals surface area contributed by atoms with Crippen LogP contribution in [0.15, 0.2) is 42.9 Å². The lowest BCUT2D eigenvalue weighted by Gasteiger charge is -2.23. The Morgan fingerprint density at radius 3 is 2.74 bits per heavy atom. The van der Waals surface area contributed by atoms with Crippen LogP contribution in [0.2, 0.25) is 0 Å². The summed E-state index contributed by atoms with van der Waals surface area (Å²) >= 11 is 0. The van der Waals surface area contributed by atoms with Gasteiger partial charge in [-0.2, -0.15) is 0 Å². The van der Waals surface area contributed by atoms with E-state index in [2.05, 4.69) is 9.97 Å². The molecule has 0 N–H and O–H groups in total. The number of ether oxygens (including phenoxy) is 1. The average Bonchev–Trinajstić information content (AvgIpc) is 3.39. The molecule has 0 aliphatic carbocycles. The summed E-state index contributed by atoms with van der Waals surface area (Å²) in [4.78, 5) is 13.8. The fourth-order valence-corrected chi connectivity index (χ4v) is 4.24. The van der Waals surface area contributed by atoms with Crippen molar-refractivity contribution in [3.63, 3.8) is 0 Å². The molecule has 31 heavy (non-hydrogen) atoms. The molecule has 1 aromatic carbocycles. The maximum absolute atomic E-state index is 13.6. The van der Waals surface area contributed by atoms with Crippen LogP contribution in [0.25, 0.3) is 17.2 Å². The maximum Gasteiger partial charge on any atom is 0.238 e. The molecule has 4 heterocycles. The summed E-state index contributed by atoms with van der Waals surface area (Å²) in [6.07, 6.45) is 5.60. The first kappa shape index (κ1) is 19.4. The summed E-state index contributed by atoms with van der Waals surface area (Å²) in [6.45, 7) is 4.68. The standard InChI is InChI=1S/C23H23FN6O/c1-14-11-16(24)6-7-17(14)18-5-4-10-30-22(18)27-21(28-30)19-8-9-20(23(26-19)31-3)29-12-15(2)25-13-29/h6-9,11-13,18H,4-5,10H2,1-3H3. The first-order valence-electron chi connectivity index (χ1n) is 10.3. The molecular weight excluding hydrogens is 395 g/mol. The molecule has 0 spiro atoms. The van der Waals surface area contributed by atoms with E-state index in [9.17, 15) is 4.39 Å². The number of aromatic nitrogens is 6. The molecule has 0 fully saturated rings. The number of aryl methyl sites for hydroxylation is 3. The van der Waals surface area contributed by atoms with E-state index in [0.29, 0.717) is 17.4 Å². The van der Waals surface area contributed by atoms with Crippen molar-refractivity contribution < 1.29 is 9.13 Å². The maximum atomic E-state index is 13.6. The first-order valence-corrected chi connectivity index (χ1v) is 10.3. The number of imidazole rings is 1. The van der Waals surface area contributed by atoms with E-state index in [4.69, 9.17) is 14.8 Å². The largest absolute Gasteiger partial charge is 0.479 e. The molecule has 8 heteroatoms. The molecule has 0 bridgehead atoms. The summed E-state index contributed by atoms with van der Waals surface area (Å²) in [5, 5.41) is 4.72. The van der Waals surface area contributed by atoms with Crippen LogP contribution in [0.5, 0.6) is 5.88 Å². The predicted molar refractivity (Wildman–Crippen MR) is 114 cm³/mol. The normalized spacial score (nSPS) is 15.7. The molecule has 0 amide bonds. The van der Waals surface area contributed by atoms with Crippen molar-refractivity contribution >= 4 is 0 Å². The van der Waals surface area contributed by atoms with E-state index in [0.717, 1.165) is 47.7 Å². The smallest absolute Gasteiger partial charge is 0.238 e. The van der Waals surface area contributed by atoms with Crippen LogP contribution in [0.1, 0.15) is 41.4 Å². The number of benzene rings is 1. The zero-order chi connectivity index (χ0) is 21.5. The van der Waals surface area contributed by atoms with Crippen molar-refractivity contribution in [3.8, 4) is 23.1 Å². The molecule has 0 radical (unpaired) electrons. The van der Waals surface area contributed by atoms with Crippen LogP contribution >= 0.6 is 0 Å². The molecule has 158 valence electrons. The predicted octanol–water partition coefficient (Wildman–Crippen LogP) is 4.22. The highest BCUT2D eigenvalue weighted by molar-refractivity contribution is 5.55. The Labute approximate surface area is 179 Å². The third-order valence-electron chi connectivity index (χ3n) is 5.73. The SMILES string of the molecule is COc1nc(-c2nc3n(n2)CCCC3c2ccc(F)cc2C)ccc1-n1cnc(C)c1. The van der Waals surface area contributed by atoms with Crippen LogP contribution in [0.4, 0.5) is 4.39 Å². The third-order valence-corrected chi connectivity index (χ3v) is 5.73. The topological polar surface area (TPSA) is 70.7 Å². The van der Waals surface area contributed by atoms with E-state index in [1.807, 2.05) is 47.5 Å². The number of hydrogen-bond donors (Lipinski definition) is 0. The van der Waals surface area contributed by atoms with Gasteiger partial charge in [-0.1, -0.05) is 6.07 Å². The Balaban J connectivity index is 1.53. The lowest BCUT2D eigenvalue weighted by atomic mass is 9.88. The summed E-state index contributed by atoms with van der Waals surface area (Å²) in [5.41, 5.74) is 4.39. The van der Waals surface area contributed by atoms with Crippen LogP contribution in [0.3, 0.4) is 0 Å². The first-order chi connectivity index (χ1) is 15.0. The highest BCUT2D eigenvalue weighted by Crippen LogP contribution is 2.35. The van der Waals surface area contributed by atoms with Crippen LogP contribution in [-0.4, -0.2) is 36.4 Å². The molecule has 1 unspecified atom stereocenters. The number of fused-ring (bicyclic) bond motifs is 1. The Morgan fingerprint density at radius 1 is 1.13 bits per heavy atom. The molecular formula is C23H23FN6O. The van der Waals surface area contributed by atoms with Crippen molar-refractivity contribution in [2.24, 2.45) is 0 Å². The van der Waals surface area contributed by atoms with E-state index in [-0.39, 0.29) is 11.7 Å². The number of methoxy groups -OCH3 is 1. The zero-order valence-corrected chi connectivity index (χ0v) is 17.7. The van der Waals surface area contributed by atoms with Gasteiger partial charge in [0.05, 0.1) is 19.1 Å². The minimum atomic E-state index is -0.219. The van der Waals surface area contributed by atoms with Crippen molar-refractivity contribution in [3.05, 3.63) is 71.3 Å². The van der Waals surface area contributed by atoms with Gasteiger partial charge in [-0.3, -0.25) is 0 Å². The van der Waals surface area contributed by atoms with Gasteiger partial charge in [0.15, 0.2) is 5.82 Å². The van der Waals surface area contributed by atoms with Crippen LogP contribution < -0.4 is 4.74 Å². The molecule has 7 nitrogen and oxygen atoms in total. The van der Waals surface area contributed by atoms with Gasteiger partial charge in [-0.25, -0.2) is 24.0 Å². The summed E-state index contributed by atoms with van der Waals surface area (Å²) < 4.78 is 23.0. The molecule has 1 aliphatic heterocycles. The molecule has 5 rings (SSSR count).